The molecule has 0 spiro atoms. The third-order valence-corrected chi connectivity index (χ3v) is 15.4. The lowest BCUT2D eigenvalue weighted by Gasteiger charge is -2.24. The van der Waals surface area contributed by atoms with E-state index in [1.807, 2.05) is 23.5 Å². The van der Waals surface area contributed by atoms with Crippen LogP contribution in [0.25, 0.3) is 66.7 Å². The van der Waals surface area contributed by atoms with E-state index in [2.05, 4.69) is 183 Å². The molecule has 59 heavy (non-hydrogen) atoms. The molecular weight excluding hydrogens is 773 g/mol. The first-order valence-corrected chi connectivity index (χ1v) is 23.5. The van der Waals surface area contributed by atoms with E-state index >= 15 is 0 Å². The van der Waals surface area contributed by atoms with Crippen molar-refractivity contribution in [2.24, 2.45) is 0 Å². The zero-order valence-corrected chi connectivity index (χ0v) is 37.6. The second-order valence-electron chi connectivity index (χ2n) is 18.1. The summed E-state index contributed by atoms with van der Waals surface area (Å²) in [6.45, 7) is 18.5. The maximum absolute atomic E-state index is 4.94. The minimum atomic E-state index is -0.140. The van der Waals surface area contributed by atoms with E-state index in [0.717, 1.165) is 28.6 Å². The molecule has 1 heterocycles. The predicted molar refractivity (Wildman–Crippen MR) is 257 cm³/mol. The zero-order chi connectivity index (χ0) is 40.8. The van der Waals surface area contributed by atoms with Gasteiger partial charge in [0.25, 0.3) is 0 Å². The first kappa shape index (κ1) is 38.5. The minimum absolute atomic E-state index is 0.115. The van der Waals surface area contributed by atoms with Gasteiger partial charge in [-0.15, -0.1) is 23.5 Å². The van der Waals surface area contributed by atoms with Gasteiger partial charge in [-0.3, -0.25) is 0 Å². The van der Waals surface area contributed by atoms with Gasteiger partial charge in [-0.1, -0.05) is 152 Å². The molecule has 1 atom stereocenters. The van der Waals surface area contributed by atoms with Crippen molar-refractivity contribution in [1.82, 2.24) is 8.75 Å². The number of hydrogen-bond acceptors (Lipinski definition) is 5. The number of thioether (sulfide) groups is 2. The molecule has 0 amide bonds. The van der Waals surface area contributed by atoms with Crippen LogP contribution in [0.5, 0.6) is 0 Å². The van der Waals surface area contributed by atoms with Gasteiger partial charge >= 0.3 is 0 Å². The van der Waals surface area contributed by atoms with Crippen LogP contribution in [0.4, 0.5) is 0 Å². The lowest BCUT2D eigenvalue weighted by Crippen LogP contribution is -2.15. The molecule has 1 aromatic heterocycles. The summed E-state index contributed by atoms with van der Waals surface area (Å²) in [4.78, 5) is 2.71. The average Bonchev–Trinajstić information content (AvgIpc) is 3.87. The smallest absolute Gasteiger partial charge is 0.113 e. The Hall–Kier alpha value is -4.68. The summed E-state index contributed by atoms with van der Waals surface area (Å²) < 4.78 is 9.88. The van der Waals surface area contributed by atoms with Crippen molar-refractivity contribution >= 4 is 46.3 Å². The fraction of sp³-hybridized carbons (Fsp3) is 0.259. The van der Waals surface area contributed by atoms with E-state index < -0.39 is 0 Å². The Kier molecular flexibility index (Phi) is 9.47. The quantitative estimate of drug-likeness (QED) is 0.143. The van der Waals surface area contributed by atoms with Gasteiger partial charge in [0.05, 0.1) is 11.7 Å². The molecule has 3 aliphatic carbocycles. The van der Waals surface area contributed by atoms with Gasteiger partial charge < -0.3 is 0 Å². The fourth-order valence-corrected chi connectivity index (χ4v) is 12.1. The van der Waals surface area contributed by atoms with Crippen LogP contribution < -0.4 is 0 Å². The van der Waals surface area contributed by atoms with Crippen LogP contribution in [-0.2, 0) is 10.8 Å². The number of benzene rings is 6. The number of hydrogen-bond donors (Lipinski definition) is 0. The molecule has 0 aliphatic heterocycles. The molecule has 10 rings (SSSR count). The molecule has 0 saturated carbocycles. The van der Waals surface area contributed by atoms with Gasteiger partial charge in [-0.05, 0) is 109 Å². The molecule has 1 unspecified atom stereocenters. The third-order valence-electron chi connectivity index (χ3n) is 12.8. The Bertz CT molecular complexity index is 2870. The zero-order valence-electron chi connectivity index (χ0n) is 35.2. The summed E-state index contributed by atoms with van der Waals surface area (Å²) in [5, 5.41) is 1.17. The van der Waals surface area contributed by atoms with Crippen LogP contribution >= 0.6 is 35.3 Å². The largest absolute Gasteiger partial charge is 0.172 e. The van der Waals surface area contributed by atoms with Crippen LogP contribution in [0.15, 0.2) is 137 Å². The van der Waals surface area contributed by atoms with Crippen molar-refractivity contribution in [1.29, 1.82) is 0 Å². The highest BCUT2D eigenvalue weighted by molar-refractivity contribution is 8.03. The third kappa shape index (κ3) is 6.56. The number of fused-ring (bicyclic) bond motifs is 7. The molecule has 7 aromatic rings. The second-order valence-corrected chi connectivity index (χ2v) is 22.0. The lowest BCUT2D eigenvalue weighted by atomic mass is 9.80. The summed E-state index contributed by atoms with van der Waals surface area (Å²) in [5.41, 5.74) is 21.2. The summed E-state index contributed by atoms with van der Waals surface area (Å²) >= 11 is 5.17. The van der Waals surface area contributed by atoms with Gasteiger partial charge in [0.1, 0.15) is 11.0 Å². The molecule has 294 valence electrons. The highest BCUT2D eigenvalue weighted by Gasteiger charge is 2.38. The molecule has 0 saturated heterocycles. The van der Waals surface area contributed by atoms with Crippen molar-refractivity contribution < 1.29 is 0 Å². The van der Waals surface area contributed by atoms with Gasteiger partial charge in [0.2, 0.25) is 0 Å². The van der Waals surface area contributed by atoms with Crippen molar-refractivity contribution in [2.45, 2.75) is 94.0 Å². The van der Waals surface area contributed by atoms with Gasteiger partial charge in [0.15, 0.2) is 0 Å². The predicted octanol–water partition coefficient (Wildman–Crippen LogP) is 15.9. The molecule has 0 fully saturated rings. The van der Waals surface area contributed by atoms with E-state index in [-0.39, 0.29) is 10.8 Å². The summed E-state index contributed by atoms with van der Waals surface area (Å²) in [6, 6.07) is 41.9. The van der Waals surface area contributed by atoms with Crippen LogP contribution in [0, 0.1) is 0 Å². The number of rotatable bonds is 8. The van der Waals surface area contributed by atoms with E-state index in [1.54, 1.807) is 0 Å². The Morgan fingerprint density at radius 3 is 1.49 bits per heavy atom. The second kappa shape index (κ2) is 14.5. The molecule has 0 bridgehead atoms. The first-order valence-electron chi connectivity index (χ1n) is 21.0. The average molecular weight is 823 g/mol. The molecular formula is C54H50N2S3. The Morgan fingerprint density at radius 1 is 0.525 bits per heavy atom. The molecule has 0 radical (unpaired) electrons. The molecule has 6 aromatic carbocycles. The van der Waals surface area contributed by atoms with Crippen molar-refractivity contribution in [2.75, 3.05) is 0 Å². The van der Waals surface area contributed by atoms with E-state index in [9.17, 15) is 0 Å². The standard InChI is InChI=1S/C54H50N2S3/c1-31(2)57-39-17-9-33(10-18-39)35-13-21-43-45-23-15-37(29-49(45)53(5,6)47(43)27-35)41-25-26-42(52-51(41)55-59-56-52)38-16-24-46-44-22-14-36(28-48(44)54(7,8)50(46)30-38)34-11-19-40(20-12-34)58-32(3)4/h9-11,13-32,34H,12H2,1-8H3. The lowest BCUT2D eigenvalue weighted by molar-refractivity contribution is 0.658. The van der Waals surface area contributed by atoms with Crippen LogP contribution in [0.1, 0.15) is 95.5 Å². The van der Waals surface area contributed by atoms with Gasteiger partial charge in [0, 0.05) is 48.2 Å². The molecule has 5 heteroatoms. The van der Waals surface area contributed by atoms with Crippen molar-refractivity contribution in [3.63, 3.8) is 0 Å². The molecule has 2 nitrogen and oxygen atoms in total. The Balaban J connectivity index is 0.945. The van der Waals surface area contributed by atoms with Gasteiger partial charge in [-0.2, -0.15) is 8.75 Å². The minimum Gasteiger partial charge on any atom is -0.172 e. The SMILES string of the molecule is CC(C)SC1=CCC(c2ccc3c(c2)C(C)(C)c2cc(-c4ccc(-c5ccc6c(c5)C(C)(C)c5cc(-c7ccc(SC(C)C)cc7)ccc5-6)c5nsnc45)ccc2-3)C=C1. The Labute approximate surface area is 362 Å². The van der Waals surface area contributed by atoms with Crippen LogP contribution in [0.3, 0.4) is 0 Å². The normalized spacial score (nSPS) is 17.0. The first-order chi connectivity index (χ1) is 28.4. The van der Waals surface area contributed by atoms with Crippen LogP contribution in [-0.4, -0.2) is 19.2 Å². The number of allylic oxidation sites excluding steroid dienone is 3. The topological polar surface area (TPSA) is 25.8 Å². The van der Waals surface area contributed by atoms with Gasteiger partial charge in [-0.25, -0.2) is 0 Å². The monoisotopic (exact) mass is 822 g/mol. The number of aromatic nitrogens is 2. The van der Waals surface area contributed by atoms with Crippen molar-refractivity contribution in [3.8, 4) is 55.6 Å². The molecule has 0 N–H and O–H groups in total. The number of nitrogens with zero attached hydrogens (tertiary/aromatic N) is 2. The summed E-state index contributed by atoms with van der Waals surface area (Å²) in [7, 11) is 0. The highest BCUT2D eigenvalue weighted by atomic mass is 32.2. The van der Waals surface area contributed by atoms with E-state index in [4.69, 9.17) is 8.75 Å². The Morgan fingerprint density at radius 2 is 0.983 bits per heavy atom. The summed E-state index contributed by atoms with van der Waals surface area (Å²) in [5.74, 6) is 0.415. The van der Waals surface area contributed by atoms with E-state index in [0.29, 0.717) is 16.4 Å². The van der Waals surface area contributed by atoms with Crippen molar-refractivity contribution in [3.05, 3.63) is 160 Å². The fourth-order valence-electron chi connectivity index (χ4n) is 9.78. The molecule has 3 aliphatic rings. The maximum Gasteiger partial charge on any atom is 0.113 e. The van der Waals surface area contributed by atoms with Crippen LogP contribution in [0.2, 0.25) is 0 Å². The highest BCUT2D eigenvalue weighted by Crippen LogP contribution is 2.53. The van der Waals surface area contributed by atoms with E-state index in [1.165, 1.54) is 93.9 Å². The summed E-state index contributed by atoms with van der Waals surface area (Å²) in [6.07, 6.45) is 8.20. The maximum atomic E-state index is 4.94.